The van der Waals surface area contributed by atoms with Gasteiger partial charge in [0.15, 0.2) is 0 Å². The predicted octanol–water partition coefficient (Wildman–Crippen LogP) is 2.64. The molecule has 0 aliphatic rings. The zero-order valence-corrected chi connectivity index (χ0v) is 12.5. The first-order chi connectivity index (χ1) is 11.1. The number of anilines is 1. The SMILES string of the molecule is O=C(Cc1c(F)cccc1Cl)Nc1cnc(-n2cccn2)nc1. The molecule has 0 radical (unpaired) electrons. The van der Waals surface area contributed by atoms with Crippen molar-refractivity contribution < 1.29 is 9.18 Å². The van der Waals surface area contributed by atoms with Crippen molar-refractivity contribution in [2.24, 2.45) is 0 Å². The van der Waals surface area contributed by atoms with Crippen molar-refractivity contribution in [3.05, 3.63) is 65.5 Å². The predicted molar refractivity (Wildman–Crippen MR) is 82.9 cm³/mol. The summed E-state index contributed by atoms with van der Waals surface area (Å²) >= 11 is 5.90. The number of aromatic nitrogens is 4. The van der Waals surface area contributed by atoms with Crippen molar-refractivity contribution >= 4 is 23.2 Å². The molecule has 1 N–H and O–H groups in total. The molecule has 8 heteroatoms. The summed E-state index contributed by atoms with van der Waals surface area (Å²) in [5.74, 6) is -0.546. The summed E-state index contributed by atoms with van der Waals surface area (Å²) < 4.78 is 15.2. The Bertz CT molecular complexity index is 800. The molecule has 0 aliphatic carbocycles. The van der Waals surface area contributed by atoms with E-state index in [-0.39, 0.29) is 17.0 Å². The van der Waals surface area contributed by atoms with Gasteiger partial charge in [-0.2, -0.15) is 5.10 Å². The summed E-state index contributed by atoms with van der Waals surface area (Å²) in [6.45, 7) is 0. The van der Waals surface area contributed by atoms with Crippen LogP contribution in [0.25, 0.3) is 5.95 Å². The van der Waals surface area contributed by atoms with Crippen LogP contribution in [0.15, 0.2) is 49.1 Å². The number of benzene rings is 1. The van der Waals surface area contributed by atoms with E-state index < -0.39 is 11.7 Å². The first-order valence-electron chi connectivity index (χ1n) is 6.68. The minimum absolute atomic E-state index is 0.153. The fourth-order valence-electron chi connectivity index (χ4n) is 1.96. The molecule has 3 aromatic rings. The second kappa shape index (κ2) is 6.53. The van der Waals surface area contributed by atoms with Crippen LogP contribution in [0.1, 0.15) is 5.56 Å². The number of nitrogens with zero attached hydrogens (tertiary/aromatic N) is 4. The van der Waals surface area contributed by atoms with E-state index in [2.05, 4.69) is 20.4 Å². The van der Waals surface area contributed by atoms with Gasteiger partial charge < -0.3 is 5.32 Å². The van der Waals surface area contributed by atoms with Gasteiger partial charge in [0, 0.05) is 23.0 Å². The third kappa shape index (κ3) is 3.51. The van der Waals surface area contributed by atoms with Crippen LogP contribution in [-0.4, -0.2) is 25.7 Å². The third-order valence-electron chi connectivity index (χ3n) is 3.03. The van der Waals surface area contributed by atoms with Crippen molar-refractivity contribution in [1.29, 1.82) is 0 Å². The Labute approximate surface area is 136 Å². The summed E-state index contributed by atoms with van der Waals surface area (Å²) in [4.78, 5) is 20.2. The van der Waals surface area contributed by atoms with Crippen molar-refractivity contribution in [2.45, 2.75) is 6.42 Å². The van der Waals surface area contributed by atoms with Crippen LogP contribution in [0.3, 0.4) is 0 Å². The van der Waals surface area contributed by atoms with E-state index in [1.54, 1.807) is 18.5 Å². The minimum Gasteiger partial charge on any atom is -0.323 e. The first kappa shape index (κ1) is 15.1. The van der Waals surface area contributed by atoms with Gasteiger partial charge in [0.1, 0.15) is 5.82 Å². The van der Waals surface area contributed by atoms with Gasteiger partial charge in [0.2, 0.25) is 5.91 Å². The summed E-state index contributed by atoms with van der Waals surface area (Å²) in [5, 5.41) is 6.81. The second-order valence-electron chi connectivity index (χ2n) is 4.65. The van der Waals surface area contributed by atoms with Crippen LogP contribution >= 0.6 is 11.6 Å². The Morgan fingerprint density at radius 2 is 2.04 bits per heavy atom. The van der Waals surface area contributed by atoms with Gasteiger partial charge in [-0.05, 0) is 18.2 Å². The Balaban J connectivity index is 1.68. The molecule has 0 spiro atoms. The van der Waals surface area contributed by atoms with Gasteiger partial charge in [0.05, 0.1) is 24.5 Å². The largest absolute Gasteiger partial charge is 0.323 e. The maximum absolute atomic E-state index is 13.7. The van der Waals surface area contributed by atoms with Crippen LogP contribution in [0, 0.1) is 5.82 Å². The normalized spacial score (nSPS) is 10.5. The molecule has 3 rings (SSSR count). The van der Waals surface area contributed by atoms with Crippen molar-refractivity contribution in [3.63, 3.8) is 0 Å². The standard InChI is InChI=1S/C15H11ClFN5O/c16-12-3-1-4-13(17)11(12)7-14(23)21-10-8-18-15(19-9-10)22-6-2-5-20-22/h1-6,8-9H,7H2,(H,21,23). The molecular formula is C15H11ClFN5O. The van der Waals surface area contributed by atoms with E-state index in [0.717, 1.165) is 0 Å². The minimum atomic E-state index is -0.516. The van der Waals surface area contributed by atoms with Crippen molar-refractivity contribution in [2.75, 3.05) is 5.32 Å². The molecule has 6 nitrogen and oxygen atoms in total. The molecule has 1 aromatic carbocycles. The molecule has 0 saturated carbocycles. The zero-order valence-electron chi connectivity index (χ0n) is 11.8. The zero-order chi connectivity index (χ0) is 16.2. The first-order valence-corrected chi connectivity index (χ1v) is 7.06. The lowest BCUT2D eigenvalue weighted by Gasteiger charge is -2.07. The lowest BCUT2D eigenvalue weighted by molar-refractivity contribution is -0.115. The molecular weight excluding hydrogens is 321 g/mol. The second-order valence-corrected chi connectivity index (χ2v) is 5.05. The van der Waals surface area contributed by atoms with Gasteiger partial charge in [-0.25, -0.2) is 19.0 Å². The van der Waals surface area contributed by atoms with Gasteiger partial charge in [-0.3, -0.25) is 4.79 Å². The highest BCUT2D eigenvalue weighted by atomic mass is 35.5. The number of halogens is 2. The molecule has 1 amide bonds. The van der Waals surface area contributed by atoms with Crippen molar-refractivity contribution in [3.8, 4) is 5.95 Å². The molecule has 0 saturated heterocycles. The number of rotatable bonds is 4. The summed E-state index contributed by atoms with van der Waals surface area (Å²) in [7, 11) is 0. The van der Waals surface area contributed by atoms with E-state index in [4.69, 9.17) is 11.6 Å². The van der Waals surface area contributed by atoms with E-state index in [0.29, 0.717) is 11.6 Å². The molecule has 0 bridgehead atoms. The Morgan fingerprint density at radius 3 is 2.70 bits per heavy atom. The maximum atomic E-state index is 13.7. The quantitative estimate of drug-likeness (QED) is 0.797. The third-order valence-corrected chi connectivity index (χ3v) is 3.38. The molecule has 0 aliphatic heterocycles. The highest BCUT2D eigenvalue weighted by Gasteiger charge is 2.12. The molecule has 2 aromatic heterocycles. The fraction of sp³-hybridized carbons (Fsp3) is 0.0667. The molecule has 0 unspecified atom stereocenters. The van der Waals surface area contributed by atoms with Crippen molar-refractivity contribution in [1.82, 2.24) is 19.7 Å². The summed E-state index contributed by atoms with van der Waals surface area (Å²) in [6.07, 6.45) is 6.03. The van der Waals surface area contributed by atoms with E-state index in [1.807, 2.05) is 0 Å². The van der Waals surface area contributed by atoms with Gasteiger partial charge in [-0.15, -0.1) is 0 Å². The number of carbonyl (C=O) groups excluding carboxylic acids is 1. The Morgan fingerprint density at radius 1 is 1.26 bits per heavy atom. The molecule has 23 heavy (non-hydrogen) atoms. The highest BCUT2D eigenvalue weighted by Crippen LogP contribution is 2.20. The van der Waals surface area contributed by atoms with E-state index in [9.17, 15) is 9.18 Å². The highest BCUT2D eigenvalue weighted by molar-refractivity contribution is 6.31. The number of carbonyl (C=O) groups is 1. The number of amides is 1. The van der Waals surface area contributed by atoms with Crippen LogP contribution in [0.5, 0.6) is 0 Å². The van der Waals surface area contributed by atoms with E-state index in [1.165, 1.54) is 35.3 Å². The van der Waals surface area contributed by atoms with Gasteiger partial charge >= 0.3 is 0 Å². The van der Waals surface area contributed by atoms with Crippen LogP contribution in [-0.2, 0) is 11.2 Å². The molecule has 2 heterocycles. The Hall–Kier alpha value is -2.80. The molecule has 116 valence electrons. The van der Waals surface area contributed by atoms with Gasteiger partial charge in [0.25, 0.3) is 5.95 Å². The molecule has 0 fully saturated rings. The fourth-order valence-corrected chi connectivity index (χ4v) is 2.19. The summed E-state index contributed by atoms with van der Waals surface area (Å²) in [5.41, 5.74) is 0.555. The lowest BCUT2D eigenvalue weighted by atomic mass is 10.1. The van der Waals surface area contributed by atoms with Crippen LogP contribution in [0.4, 0.5) is 10.1 Å². The van der Waals surface area contributed by atoms with Crippen LogP contribution in [0.2, 0.25) is 5.02 Å². The Kier molecular flexibility index (Phi) is 4.29. The number of hydrogen-bond donors (Lipinski definition) is 1. The average molecular weight is 332 g/mol. The number of nitrogens with one attached hydrogen (secondary N) is 1. The lowest BCUT2D eigenvalue weighted by Crippen LogP contribution is -2.16. The smallest absolute Gasteiger partial charge is 0.250 e. The van der Waals surface area contributed by atoms with Gasteiger partial charge in [-0.1, -0.05) is 17.7 Å². The monoisotopic (exact) mass is 331 g/mol. The number of hydrogen-bond acceptors (Lipinski definition) is 4. The van der Waals surface area contributed by atoms with Crippen LogP contribution < -0.4 is 5.32 Å². The maximum Gasteiger partial charge on any atom is 0.250 e. The molecule has 0 atom stereocenters. The van der Waals surface area contributed by atoms with E-state index >= 15 is 0 Å². The summed E-state index contributed by atoms with van der Waals surface area (Å²) in [6, 6.07) is 6.03. The average Bonchev–Trinajstić information content (AvgIpc) is 3.06. The topological polar surface area (TPSA) is 72.7 Å².